The molecule has 2 atom stereocenters. The van der Waals surface area contributed by atoms with Gasteiger partial charge in [-0.2, -0.15) is 0 Å². The Morgan fingerprint density at radius 3 is 2.69 bits per heavy atom. The molecule has 3 heteroatoms. The summed E-state index contributed by atoms with van der Waals surface area (Å²) < 4.78 is 0. The highest BCUT2D eigenvalue weighted by molar-refractivity contribution is 5.73. The standard InChI is InChI=1S/C10H20N2O/c1-3-12(8(2)13)10-6-4-5-9(10)7-11/h9-10H,3-7,11H2,1-2H3. The molecule has 1 aliphatic carbocycles. The van der Waals surface area contributed by atoms with Gasteiger partial charge in [-0.3, -0.25) is 4.79 Å². The Bertz CT molecular complexity index is 182. The third kappa shape index (κ3) is 2.21. The van der Waals surface area contributed by atoms with E-state index in [0.29, 0.717) is 18.5 Å². The number of hydrogen-bond acceptors (Lipinski definition) is 2. The molecular weight excluding hydrogens is 164 g/mol. The van der Waals surface area contributed by atoms with E-state index in [1.54, 1.807) is 6.92 Å². The average molecular weight is 184 g/mol. The molecule has 0 aromatic rings. The van der Waals surface area contributed by atoms with E-state index in [0.717, 1.165) is 13.0 Å². The largest absolute Gasteiger partial charge is 0.340 e. The topological polar surface area (TPSA) is 46.3 Å². The summed E-state index contributed by atoms with van der Waals surface area (Å²) in [5.41, 5.74) is 5.68. The van der Waals surface area contributed by atoms with Gasteiger partial charge in [0.25, 0.3) is 0 Å². The summed E-state index contributed by atoms with van der Waals surface area (Å²) in [7, 11) is 0. The van der Waals surface area contributed by atoms with Crippen LogP contribution < -0.4 is 5.73 Å². The van der Waals surface area contributed by atoms with Crippen molar-refractivity contribution >= 4 is 5.91 Å². The average Bonchev–Trinajstić information content (AvgIpc) is 2.53. The van der Waals surface area contributed by atoms with Gasteiger partial charge in [0, 0.05) is 19.5 Å². The summed E-state index contributed by atoms with van der Waals surface area (Å²) in [6, 6.07) is 0.410. The first-order valence-corrected chi connectivity index (χ1v) is 5.18. The van der Waals surface area contributed by atoms with Crippen LogP contribution in [0.4, 0.5) is 0 Å². The lowest BCUT2D eigenvalue weighted by Gasteiger charge is -2.30. The normalized spacial score (nSPS) is 27.6. The van der Waals surface area contributed by atoms with Gasteiger partial charge in [0.15, 0.2) is 0 Å². The summed E-state index contributed by atoms with van der Waals surface area (Å²) in [5.74, 6) is 0.719. The summed E-state index contributed by atoms with van der Waals surface area (Å²) in [5, 5.41) is 0. The molecule has 3 nitrogen and oxygen atoms in total. The lowest BCUT2D eigenvalue weighted by molar-refractivity contribution is -0.131. The molecule has 1 aliphatic rings. The third-order valence-electron chi connectivity index (χ3n) is 3.07. The van der Waals surface area contributed by atoms with Gasteiger partial charge in [-0.15, -0.1) is 0 Å². The number of amides is 1. The van der Waals surface area contributed by atoms with Crippen LogP contribution in [-0.4, -0.2) is 29.9 Å². The van der Waals surface area contributed by atoms with Crippen molar-refractivity contribution in [2.24, 2.45) is 11.7 Å². The van der Waals surface area contributed by atoms with Gasteiger partial charge < -0.3 is 10.6 Å². The van der Waals surface area contributed by atoms with Crippen LogP contribution in [0.5, 0.6) is 0 Å². The van der Waals surface area contributed by atoms with Crippen molar-refractivity contribution in [3.8, 4) is 0 Å². The number of rotatable bonds is 3. The number of carbonyl (C=O) groups excluding carboxylic acids is 1. The molecule has 0 aromatic carbocycles. The van der Waals surface area contributed by atoms with Gasteiger partial charge in [-0.1, -0.05) is 6.42 Å². The zero-order valence-electron chi connectivity index (χ0n) is 8.62. The highest BCUT2D eigenvalue weighted by Gasteiger charge is 2.31. The van der Waals surface area contributed by atoms with Crippen molar-refractivity contribution in [1.29, 1.82) is 0 Å². The first-order valence-electron chi connectivity index (χ1n) is 5.18. The molecule has 0 saturated heterocycles. The van der Waals surface area contributed by atoms with E-state index in [2.05, 4.69) is 0 Å². The summed E-state index contributed by atoms with van der Waals surface area (Å²) >= 11 is 0. The second-order valence-electron chi connectivity index (χ2n) is 3.80. The van der Waals surface area contributed by atoms with Crippen molar-refractivity contribution in [2.75, 3.05) is 13.1 Å². The zero-order valence-corrected chi connectivity index (χ0v) is 8.62. The Morgan fingerprint density at radius 1 is 1.54 bits per heavy atom. The van der Waals surface area contributed by atoms with E-state index >= 15 is 0 Å². The summed E-state index contributed by atoms with van der Waals surface area (Å²) in [4.78, 5) is 13.3. The lowest BCUT2D eigenvalue weighted by atomic mass is 10.0. The van der Waals surface area contributed by atoms with E-state index < -0.39 is 0 Å². The van der Waals surface area contributed by atoms with Crippen LogP contribution in [0.25, 0.3) is 0 Å². The molecule has 13 heavy (non-hydrogen) atoms. The smallest absolute Gasteiger partial charge is 0.219 e. The van der Waals surface area contributed by atoms with Crippen LogP contribution in [0.15, 0.2) is 0 Å². The minimum atomic E-state index is 0.188. The number of carbonyl (C=O) groups is 1. The Balaban J connectivity index is 2.61. The van der Waals surface area contributed by atoms with E-state index in [1.807, 2.05) is 11.8 Å². The minimum Gasteiger partial charge on any atom is -0.340 e. The molecule has 1 saturated carbocycles. The van der Waals surface area contributed by atoms with Crippen LogP contribution in [0.1, 0.15) is 33.1 Å². The van der Waals surface area contributed by atoms with Crippen molar-refractivity contribution in [1.82, 2.24) is 4.90 Å². The van der Waals surface area contributed by atoms with E-state index in [4.69, 9.17) is 5.73 Å². The fourth-order valence-corrected chi connectivity index (χ4v) is 2.39. The maximum atomic E-state index is 11.3. The molecule has 76 valence electrons. The first kappa shape index (κ1) is 10.5. The quantitative estimate of drug-likeness (QED) is 0.710. The SMILES string of the molecule is CCN(C(C)=O)C1CCCC1CN. The molecule has 0 radical (unpaired) electrons. The molecule has 2 unspecified atom stereocenters. The highest BCUT2D eigenvalue weighted by atomic mass is 16.2. The number of nitrogens with two attached hydrogens (primary N) is 1. The Kier molecular flexibility index (Phi) is 3.72. The van der Waals surface area contributed by atoms with E-state index in [9.17, 15) is 4.79 Å². The Labute approximate surface area is 80.3 Å². The number of nitrogens with zero attached hydrogens (tertiary/aromatic N) is 1. The zero-order chi connectivity index (χ0) is 9.84. The summed E-state index contributed by atoms with van der Waals surface area (Å²) in [6.45, 7) is 5.22. The van der Waals surface area contributed by atoms with Gasteiger partial charge in [0.05, 0.1) is 0 Å². The molecule has 0 heterocycles. The van der Waals surface area contributed by atoms with Crippen molar-refractivity contribution in [3.63, 3.8) is 0 Å². The van der Waals surface area contributed by atoms with Crippen molar-refractivity contribution < 1.29 is 4.79 Å². The Hall–Kier alpha value is -0.570. The van der Waals surface area contributed by atoms with Gasteiger partial charge >= 0.3 is 0 Å². The van der Waals surface area contributed by atoms with Crippen molar-refractivity contribution in [2.45, 2.75) is 39.2 Å². The third-order valence-corrected chi connectivity index (χ3v) is 3.07. The maximum absolute atomic E-state index is 11.3. The van der Waals surface area contributed by atoms with Crippen LogP contribution in [-0.2, 0) is 4.79 Å². The fourth-order valence-electron chi connectivity index (χ4n) is 2.39. The maximum Gasteiger partial charge on any atom is 0.219 e. The number of hydrogen-bond donors (Lipinski definition) is 1. The fraction of sp³-hybridized carbons (Fsp3) is 0.900. The van der Waals surface area contributed by atoms with Crippen LogP contribution in [0.3, 0.4) is 0 Å². The first-order chi connectivity index (χ1) is 6.20. The van der Waals surface area contributed by atoms with E-state index in [-0.39, 0.29) is 5.91 Å². The predicted molar refractivity (Wildman–Crippen MR) is 53.2 cm³/mol. The molecule has 0 aliphatic heterocycles. The predicted octanol–water partition coefficient (Wildman–Crippen LogP) is 0.982. The van der Waals surface area contributed by atoms with Crippen molar-refractivity contribution in [3.05, 3.63) is 0 Å². The molecule has 1 rings (SSSR count). The van der Waals surface area contributed by atoms with Crippen LogP contribution in [0, 0.1) is 5.92 Å². The molecule has 2 N–H and O–H groups in total. The van der Waals surface area contributed by atoms with Gasteiger partial charge in [-0.25, -0.2) is 0 Å². The molecule has 1 amide bonds. The van der Waals surface area contributed by atoms with E-state index in [1.165, 1.54) is 12.8 Å². The molecular formula is C10H20N2O. The van der Waals surface area contributed by atoms with Gasteiger partial charge in [-0.05, 0) is 32.2 Å². The second kappa shape index (κ2) is 4.61. The molecule has 0 bridgehead atoms. The minimum absolute atomic E-state index is 0.188. The monoisotopic (exact) mass is 184 g/mol. The van der Waals surface area contributed by atoms with Gasteiger partial charge in [0.2, 0.25) is 5.91 Å². The van der Waals surface area contributed by atoms with Crippen LogP contribution in [0.2, 0.25) is 0 Å². The molecule has 1 fully saturated rings. The highest BCUT2D eigenvalue weighted by Crippen LogP contribution is 2.29. The lowest BCUT2D eigenvalue weighted by Crippen LogP contribution is -2.42. The second-order valence-corrected chi connectivity index (χ2v) is 3.80. The molecule has 0 spiro atoms. The summed E-state index contributed by atoms with van der Waals surface area (Å²) in [6.07, 6.45) is 3.54. The van der Waals surface area contributed by atoms with Crippen LogP contribution >= 0.6 is 0 Å². The van der Waals surface area contributed by atoms with Gasteiger partial charge in [0.1, 0.15) is 0 Å². The Morgan fingerprint density at radius 2 is 2.23 bits per heavy atom. The molecule has 0 aromatic heterocycles.